The Kier molecular flexibility index (Phi) is 8.24. The molecule has 2 aromatic carbocycles. The van der Waals surface area contributed by atoms with Gasteiger partial charge in [-0.2, -0.15) is 0 Å². The van der Waals surface area contributed by atoms with E-state index in [1.165, 1.54) is 49.7 Å². The van der Waals surface area contributed by atoms with Crippen molar-refractivity contribution in [1.82, 2.24) is 0 Å². The molecule has 4 aliphatic rings. The van der Waals surface area contributed by atoms with E-state index in [2.05, 4.69) is 39.8 Å². The van der Waals surface area contributed by atoms with Crippen LogP contribution in [0.25, 0.3) is 0 Å². The van der Waals surface area contributed by atoms with Gasteiger partial charge in [-0.05, 0) is 122 Å². The van der Waals surface area contributed by atoms with Crippen LogP contribution >= 0.6 is 0 Å². The van der Waals surface area contributed by atoms with Crippen molar-refractivity contribution in [2.75, 3.05) is 0 Å². The van der Waals surface area contributed by atoms with Crippen LogP contribution in [0.5, 0.6) is 11.5 Å². The Morgan fingerprint density at radius 1 is 0.829 bits per heavy atom. The van der Waals surface area contributed by atoms with E-state index in [0.717, 1.165) is 30.6 Å². The number of esters is 1. The Morgan fingerprint density at radius 2 is 1.26 bits per heavy atom. The standard InChI is InChI=1S/C22H30O2.C10H14O/c1-3-15(2)19-4-6-20(7-5-19)24-21(23)14-22-11-16-8-17(12-22)10-18(9-16)13-22;1-3-8(2)9-4-6-10(11)7-5-9/h4-7,15-18H,3,8-14H2,1-2H3;4-8,11H,3H2,1-2H3. The van der Waals surface area contributed by atoms with Crippen molar-refractivity contribution in [3.05, 3.63) is 59.7 Å². The van der Waals surface area contributed by atoms with Gasteiger partial charge in [-0.3, -0.25) is 4.79 Å². The molecule has 0 heterocycles. The molecule has 4 fully saturated rings. The number of rotatable bonds is 7. The highest BCUT2D eigenvalue weighted by molar-refractivity contribution is 5.73. The van der Waals surface area contributed by atoms with Gasteiger partial charge in [0.1, 0.15) is 11.5 Å². The maximum atomic E-state index is 12.5. The van der Waals surface area contributed by atoms with Gasteiger partial charge in [0, 0.05) is 0 Å². The Bertz CT molecular complexity index is 924. The molecular weight excluding hydrogens is 432 g/mol. The van der Waals surface area contributed by atoms with Crippen LogP contribution in [0.3, 0.4) is 0 Å². The lowest BCUT2D eigenvalue weighted by Gasteiger charge is -2.56. The number of ether oxygens (including phenoxy) is 1. The first-order valence-corrected chi connectivity index (χ1v) is 13.9. The number of aromatic hydroxyl groups is 1. The maximum absolute atomic E-state index is 12.5. The first-order valence-electron chi connectivity index (χ1n) is 13.9. The molecule has 4 bridgehead atoms. The first kappa shape index (κ1) is 25.8. The van der Waals surface area contributed by atoms with Crippen LogP contribution in [-0.2, 0) is 4.79 Å². The predicted octanol–water partition coefficient (Wildman–Crippen LogP) is 8.62. The van der Waals surface area contributed by atoms with E-state index in [4.69, 9.17) is 9.84 Å². The molecule has 0 saturated heterocycles. The summed E-state index contributed by atoms with van der Waals surface area (Å²) in [5, 5.41) is 9.01. The fourth-order valence-corrected chi connectivity index (χ4v) is 7.12. The largest absolute Gasteiger partial charge is 0.508 e. The molecule has 0 amide bonds. The molecule has 0 radical (unpaired) electrons. The lowest BCUT2D eigenvalue weighted by molar-refractivity contribution is -0.142. The third kappa shape index (κ3) is 6.48. The topological polar surface area (TPSA) is 46.5 Å². The van der Waals surface area contributed by atoms with Gasteiger partial charge in [0.05, 0.1) is 6.42 Å². The van der Waals surface area contributed by atoms with Crippen molar-refractivity contribution in [3.63, 3.8) is 0 Å². The summed E-state index contributed by atoms with van der Waals surface area (Å²) < 4.78 is 5.68. The van der Waals surface area contributed by atoms with Gasteiger partial charge >= 0.3 is 5.97 Å². The van der Waals surface area contributed by atoms with Crippen LogP contribution < -0.4 is 4.74 Å². The fraction of sp³-hybridized carbons (Fsp3) is 0.594. The van der Waals surface area contributed by atoms with Gasteiger partial charge in [0.15, 0.2) is 0 Å². The Morgan fingerprint density at radius 3 is 1.69 bits per heavy atom. The number of hydrogen-bond acceptors (Lipinski definition) is 3. The molecule has 0 aromatic heterocycles. The fourth-order valence-electron chi connectivity index (χ4n) is 7.12. The van der Waals surface area contributed by atoms with Crippen molar-refractivity contribution in [1.29, 1.82) is 0 Å². The van der Waals surface area contributed by atoms with Gasteiger partial charge in [-0.15, -0.1) is 0 Å². The second-order valence-corrected chi connectivity index (χ2v) is 11.8. The predicted molar refractivity (Wildman–Crippen MR) is 143 cm³/mol. The Hall–Kier alpha value is -2.29. The van der Waals surface area contributed by atoms with Crippen molar-refractivity contribution < 1.29 is 14.6 Å². The summed E-state index contributed by atoms with van der Waals surface area (Å²) in [6, 6.07) is 15.5. The first-order chi connectivity index (χ1) is 16.8. The molecule has 0 aliphatic heterocycles. The minimum Gasteiger partial charge on any atom is -0.508 e. The molecule has 4 aliphatic carbocycles. The highest BCUT2D eigenvalue weighted by atomic mass is 16.5. The van der Waals surface area contributed by atoms with Gasteiger partial charge < -0.3 is 9.84 Å². The number of phenolic OH excluding ortho intramolecular Hbond substituents is 1. The number of carbonyl (C=O) groups excluding carboxylic acids is 1. The lowest BCUT2D eigenvalue weighted by atomic mass is 9.49. The third-order valence-electron chi connectivity index (χ3n) is 9.05. The van der Waals surface area contributed by atoms with Gasteiger partial charge in [0.2, 0.25) is 0 Å². The summed E-state index contributed by atoms with van der Waals surface area (Å²) in [5.74, 6) is 4.84. The molecule has 2 atom stereocenters. The van der Waals surface area contributed by atoms with Crippen molar-refractivity contribution in [2.45, 2.75) is 97.3 Å². The molecular formula is C32H44O3. The Balaban J connectivity index is 0.000000221. The molecule has 3 nitrogen and oxygen atoms in total. The maximum Gasteiger partial charge on any atom is 0.311 e. The SMILES string of the molecule is CCC(C)c1ccc(O)cc1.CCC(C)c1ccc(OC(=O)CC23CC4CC(CC(C4)C2)C3)cc1. The summed E-state index contributed by atoms with van der Waals surface area (Å²) in [6.45, 7) is 8.78. The van der Waals surface area contributed by atoms with Crippen molar-refractivity contribution >= 4 is 5.97 Å². The molecule has 2 unspecified atom stereocenters. The molecule has 4 saturated carbocycles. The van der Waals surface area contributed by atoms with Crippen LogP contribution in [-0.4, -0.2) is 11.1 Å². The minimum atomic E-state index is -0.0201. The smallest absolute Gasteiger partial charge is 0.311 e. The van der Waals surface area contributed by atoms with Crippen molar-refractivity contribution in [3.8, 4) is 11.5 Å². The highest BCUT2D eigenvalue weighted by Crippen LogP contribution is 2.61. The number of hydrogen-bond donors (Lipinski definition) is 1. The van der Waals surface area contributed by atoms with E-state index in [-0.39, 0.29) is 11.4 Å². The lowest BCUT2D eigenvalue weighted by Crippen LogP contribution is -2.47. The highest BCUT2D eigenvalue weighted by Gasteiger charge is 2.51. The van der Waals surface area contributed by atoms with Crippen molar-refractivity contribution in [2.24, 2.45) is 23.2 Å². The molecule has 6 rings (SSSR count). The second-order valence-electron chi connectivity index (χ2n) is 11.8. The van der Waals surface area contributed by atoms with Gasteiger partial charge in [-0.25, -0.2) is 0 Å². The molecule has 1 N–H and O–H groups in total. The average Bonchev–Trinajstić information content (AvgIpc) is 2.83. The second kappa shape index (κ2) is 11.2. The summed E-state index contributed by atoms with van der Waals surface area (Å²) in [6.07, 6.45) is 11.0. The normalized spacial score (nSPS) is 28.1. The zero-order valence-corrected chi connectivity index (χ0v) is 22.1. The van der Waals surface area contributed by atoms with E-state index in [9.17, 15) is 4.79 Å². The third-order valence-corrected chi connectivity index (χ3v) is 9.05. The monoisotopic (exact) mass is 476 g/mol. The van der Waals surface area contributed by atoms with Gasteiger partial charge in [-0.1, -0.05) is 52.0 Å². The van der Waals surface area contributed by atoms with E-state index >= 15 is 0 Å². The van der Waals surface area contributed by atoms with E-state index in [0.29, 0.717) is 29.8 Å². The summed E-state index contributed by atoms with van der Waals surface area (Å²) >= 11 is 0. The number of phenols is 1. The molecule has 2 aromatic rings. The Labute approximate surface area is 212 Å². The zero-order valence-electron chi connectivity index (χ0n) is 22.1. The van der Waals surface area contributed by atoms with E-state index < -0.39 is 0 Å². The van der Waals surface area contributed by atoms with Crippen LogP contribution in [0, 0.1) is 23.2 Å². The molecule has 190 valence electrons. The molecule has 35 heavy (non-hydrogen) atoms. The molecule has 0 spiro atoms. The average molecular weight is 477 g/mol. The number of carbonyl (C=O) groups is 1. The van der Waals surface area contributed by atoms with Crippen LogP contribution in [0.15, 0.2) is 48.5 Å². The van der Waals surface area contributed by atoms with E-state index in [1.54, 1.807) is 12.1 Å². The summed E-state index contributed by atoms with van der Waals surface area (Å²) in [7, 11) is 0. The minimum absolute atomic E-state index is 0.0201. The summed E-state index contributed by atoms with van der Waals surface area (Å²) in [5.41, 5.74) is 2.88. The quantitative estimate of drug-likeness (QED) is 0.321. The molecule has 3 heteroatoms. The summed E-state index contributed by atoms with van der Waals surface area (Å²) in [4.78, 5) is 12.5. The zero-order chi connectivity index (χ0) is 25.0. The van der Waals surface area contributed by atoms with Crippen LogP contribution in [0.4, 0.5) is 0 Å². The van der Waals surface area contributed by atoms with Crippen LogP contribution in [0.1, 0.15) is 108 Å². The van der Waals surface area contributed by atoms with Gasteiger partial charge in [0.25, 0.3) is 0 Å². The van der Waals surface area contributed by atoms with Crippen LogP contribution in [0.2, 0.25) is 0 Å². The number of benzene rings is 2. The van der Waals surface area contributed by atoms with E-state index in [1.807, 2.05) is 24.3 Å².